The Morgan fingerprint density at radius 3 is 2.30 bits per heavy atom. The van der Waals surface area contributed by atoms with Gasteiger partial charge in [-0.3, -0.25) is 9.59 Å². The van der Waals surface area contributed by atoms with Crippen molar-refractivity contribution in [3.63, 3.8) is 0 Å². The van der Waals surface area contributed by atoms with Gasteiger partial charge in [0.2, 0.25) is 5.91 Å². The first-order chi connectivity index (χ1) is 11.0. The number of rotatable bonds is 4. The fraction of sp³-hybridized carbons (Fsp3) is 0.500. The maximum atomic E-state index is 12.6. The van der Waals surface area contributed by atoms with Crippen LogP contribution in [0.1, 0.15) is 42.1 Å². The van der Waals surface area contributed by atoms with Gasteiger partial charge in [-0.25, -0.2) is 0 Å². The summed E-state index contributed by atoms with van der Waals surface area (Å²) in [5.41, 5.74) is 1.69. The minimum Gasteiger partial charge on any atom is -0.341 e. The van der Waals surface area contributed by atoms with Crippen LogP contribution in [0.5, 0.6) is 0 Å². The van der Waals surface area contributed by atoms with Crippen molar-refractivity contribution in [2.24, 2.45) is 0 Å². The van der Waals surface area contributed by atoms with Gasteiger partial charge in [0.05, 0.1) is 0 Å². The highest BCUT2D eigenvalue weighted by atomic mass is 16.2. The standard InChI is InChI=1S/C18H24N2O3/c1-14-6-3-4-7-16(14)18(23)20-11-5-10-19(12-13-20)17(22)9-8-15(2)21/h3-4,6-7H,5,8-13H2,1-2H3. The Hall–Kier alpha value is -2.17. The van der Waals surface area contributed by atoms with E-state index in [1.807, 2.05) is 36.1 Å². The molecule has 2 rings (SSSR count). The molecule has 1 aliphatic heterocycles. The van der Waals surface area contributed by atoms with E-state index in [9.17, 15) is 14.4 Å². The van der Waals surface area contributed by atoms with Crippen molar-refractivity contribution in [1.29, 1.82) is 0 Å². The summed E-state index contributed by atoms with van der Waals surface area (Å²) in [6, 6.07) is 7.57. The van der Waals surface area contributed by atoms with Gasteiger partial charge in [-0.1, -0.05) is 18.2 Å². The molecule has 0 unspecified atom stereocenters. The molecule has 1 saturated heterocycles. The molecule has 1 aromatic rings. The maximum Gasteiger partial charge on any atom is 0.254 e. The molecule has 0 radical (unpaired) electrons. The van der Waals surface area contributed by atoms with Crippen LogP contribution in [-0.2, 0) is 9.59 Å². The lowest BCUT2D eigenvalue weighted by molar-refractivity contribution is -0.132. The summed E-state index contributed by atoms with van der Waals surface area (Å²) in [6.45, 7) is 5.81. The minimum atomic E-state index is 0.00499. The highest BCUT2D eigenvalue weighted by Gasteiger charge is 2.23. The monoisotopic (exact) mass is 316 g/mol. The van der Waals surface area contributed by atoms with Crippen molar-refractivity contribution in [1.82, 2.24) is 9.80 Å². The molecule has 0 atom stereocenters. The molecule has 0 aliphatic carbocycles. The largest absolute Gasteiger partial charge is 0.341 e. The quantitative estimate of drug-likeness (QED) is 0.854. The molecule has 23 heavy (non-hydrogen) atoms. The third-order valence-corrected chi connectivity index (χ3v) is 4.20. The van der Waals surface area contributed by atoms with Crippen molar-refractivity contribution < 1.29 is 14.4 Å². The summed E-state index contributed by atoms with van der Waals surface area (Å²) in [6.07, 6.45) is 1.33. The molecular weight excluding hydrogens is 292 g/mol. The first-order valence-corrected chi connectivity index (χ1v) is 8.11. The maximum absolute atomic E-state index is 12.6. The Morgan fingerprint density at radius 2 is 1.61 bits per heavy atom. The van der Waals surface area contributed by atoms with Gasteiger partial charge < -0.3 is 14.6 Å². The lowest BCUT2D eigenvalue weighted by Gasteiger charge is -2.22. The van der Waals surface area contributed by atoms with Crippen molar-refractivity contribution in [2.45, 2.75) is 33.1 Å². The molecule has 5 nitrogen and oxygen atoms in total. The highest BCUT2D eigenvalue weighted by Crippen LogP contribution is 2.13. The number of Topliss-reactive ketones (excluding diaryl/α,β-unsaturated/α-hetero) is 1. The molecule has 1 heterocycles. The second-order valence-corrected chi connectivity index (χ2v) is 6.04. The zero-order valence-corrected chi connectivity index (χ0v) is 13.9. The number of ketones is 1. The van der Waals surface area contributed by atoms with Gasteiger partial charge in [-0.05, 0) is 31.9 Å². The fourth-order valence-corrected chi connectivity index (χ4v) is 2.79. The molecule has 0 saturated carbocycles. The van der Waals surface area contributed by atoms with Crippen LogP contribution >= 0.6 is 0 Å². The van der Waals surface area contributed by atoms with Crippen molar-refractivity contribution >= 4 is 17.6 Å². The summed E-state index contributed by atoms with van der Waals surface area (Å²) in [5.74, 6) is 0.0658. The summed E-state index contributed by atoms with van der Waals surface area (Å²) >= 11 is 0. The van der Waals surface area contributed by atoms with Crippen molar-refractivity contribution in [3.8, 4) is 0 Å². The highest BCUT2D eigenvalue weighted by molar-refractivity contribution is 5.95. The number of hydrogen-bond donors (Lipinski definition) is 0. The van der Waals surface area contributed by atoms with E-state index in [1.54, 1.807) is 4.90 Å². The zero-order valence-electron chi connectivity index (χ0n) is 13.9. The molecular formula is C18H24N2O3. The number of carbonyl (C=O) groups excluding carboxylic acids is 3. The summed E-state index contributed by atoms with van der Waals surface area (Å²) in [5, 5.41) is 0. The van der Waals surface area contributed by atoms with Gasteiger partial charge in [0, 0.05) is 44.6 Å². The van der Waals surface area contributed by atoms with Gasteiger partial charge in [0.25, 0.3) is 5.91 Å². The van der Waals surface area contributed by atoms with E-state index < -0.39 is 0 Å². The fourth-order valence-electron chi connectivity index (χ4n) is 2.79. The first-order valence-electron chi connectivity index (χ1n) is 8.11. The molecule has 124 valence electrons. The van der Waals surface area contributed by atoms with Crippen LogP contribution in [0.2, 0.25) is 0 Å². The molecule has 1 fully saturated rings. The van der Waals surface area contributed by atoms with Crippen LogP contribution in [-0.4, -0.2) is 53.6 Å². The van der Waals surface area contributed by atoms with Crippen LogP contribution in [0.25, 0.3) is 0 Å². The van der Waals surface area contributed by atoms with Gasteiger partial charge in [0.1, 0.15) is 5.78 Å². The number of benzene rings is 1. The number of aryl methyl sites for hydroxylation is 1. The van der Waals surface area contributed by atoms with Gasteiger partial charge in [0.15, 0.2) is 0 Å². The normalized spacial score (nSPS) is 15.2. The topological polar surface area (TPSA) is 57.7 Å². The van der Waals surface area contributed by atoms with E-state index in [0.29, 0.717) is 32.6 Å². The summed E-state index contributed by atoms with van der Waals surface area (Å²) in [4.78, 5) is 39.4. The second kappa shape index (κ2) is 7.90. The van der Waals surface area contributed by atoms with Crippen LogP contribution in [0.15, 0.2) is 24.3 Å². The summed E-state index contributed by atoms with van der Waals surface area (Å²) < 4.78 is 0. The molecule has 0 spiro atoms. The Bertz CT molecular complexity index is 598. The molecule has 0 N–H and O–H groups in total. The van der Waals surface area contributed by atoms with Crippen molar-refractivity contribution in [3.05, 3.63) is 35.4 Å². The Balaban J connectivity index is 1.96. The first kappa shape index (κ1) is 17.2. The van der Waals surface area contributed by atoms with Crippen LogP contribution in [0, 0.1) is 6.92 Å². The Morgan fingerprint density at radius 1 is 0.957 bits per heavy atom. The van der Waals surface area contributed by atoms with E-state index in [1.165, 1.54) is 6.92 Å². The zero-order chi connectivity index (χ0) is 16.8. The molecule has 1 aliphatic rings. The van der Waals surface area contributed by atoms with Crippen LogP contribution in [0.3, 0.4) is 0 Å². The van der Waals surface area contributed by atoms with Crippen molar-refractivity contribution in [2.75, 3.05) is 26.2 Å². The van der Waals surface area contributed by atoms with Gasteiger partial charge >= 0.3 is 0 Å². The molecule has 0 bridgehead atoms. The van der Waals surface area contributed by atoms with Crippen LogP contribution in [0.4, 0.5) is 0 Å². The molecule has 0 aromatic heterocycles. The molecule has 5 heteroatoms. The number of nitrogens with zero attached hydrogens (tertiary/aromatic N) is 2. The minimum absolute atomic E-state index is 0.00499. The van der Waals surface area contributed by atoms with Gasteiger partial charge in [-0.15, -0.1) is 0 Å². The molecule has 2 amide bonds. The average molecular weight is 316 g/mol. The number of carbonyl (C=O) groups is 3. The van der Waals surface area contributed by atoms with Gasteiger partial charge in [-0.2, -0.15) is 0 Å². The SMILES string of the molecule is CC(=O)CCC(=O)N1CCCN(C(=O)c2ccccc2C)CC1. The van der Waals surface area contributed by atoms with E-state index in [-0.39, 0.29) is 24.0 Å². The third-order valence-electron chi connectivity index (χ3n) is 4.20. The Kier molecular flexibility index (Phi) is 5.90. The van der Waals surface area contributed by atoms with E-state index in [2.05, 4.69) is 0 Å². The summed E-state index contributed by atoms with van der Waals surface area (Å²) in [7, 11) is 0. The van der Waals surface area contributed by atoms with E-state index >= 15 is 0 Å². The smallest absolute Gasteiger partial charge is 0.254 e. The lowest BCUT2D eigenvalue weighted by Crippen LogP contribution is -2.37. The Labute approximate surface area is 137 Å². The number of amides is 2. The number of hydrogen-bond acceptors (Lipinski definition) is 3. The van der Waals surface area contributed by atoms with E-state index in [4.69, 9.17) is 0 Å². The average Bonchev–Trinajstić information content (AvgIpc) is 2.78. The van der Waals surface area contributed by atoms with E-state index in [0.717, 1.165) is 17.5 Å². The predicted molar refractivity (Wildman–Crippen MR) is 88.2 cm³/mol. The van der Waals surface area contributed by atoms with Crippen LogP contribution < -0.4 is 0 Å². The predicted octanol–water partition coefficient (Wildman–Crippen LogP) is 2.04. The molecule has 1 aromatic carbocycles. The second-order valence-electron chi connectivity index (χ2n) is 6.04. The third kappa shape index (κ3) is 4.65. The lowest BCUT2D eigenvalue weighted by atomic mass is 10.1.